The van der Waals surface area contributed by atoms with E-state index in [1.54, 1.807) is 11.3 Å². The van der Waals surface area contributed by atoms with Crippen molar-refractivity contribution in [3.63, 3.8) is 0 Å². The van der Waals surface area contributed by atoms with Crippen LogP contribution in [0.2, 0.25) is 0 Å². The highest BCUT2D eigenvalue weighted by Crippen LogP contribution is 2.32. The molecule has 98 valence electrons. The van der Waals surface area contributed by atoms with Gasteiger partial charge in [-0.3, -0.25) is 0 Å². The Morgan fingerprint density at radius 1 is 0.941 bits per heavy atom. The molecular formula is C14H24O2S. The Labute approximate surface area is 109 Å². The predicted octanol–water partition coefficient (Wildman–Crippen LogP) is 4.60. The summed E-state index contributed by atoms with van der Waals surface area (Å²) in [7, 11) is 0. The number of thiophene rings is 1. The molecule has 0 saturated heterocycles. The molecule has 0 unspecified atom stereocenters. The molecule has 17 heavy (non-hydrogen) atoms. The standard InChI is InChI=1S/C14H24O2S/c1-5-11(3)7-15-13-9-17-10-14(13)16-8-12(4)6-2/h9-12H,5-8H2,1-4H3/t11-,12-/m0/s1. The summed E-state index contributed by atoms with van der Waals surface area (Å²) in [5.74, 6) is 2.99. The maximum Gasteiger partial charge on any atom is 0.171 e. The molecule has 2 nitrogen and oxygen atoms in total. The van der Waals surface area contributed by atoms with E-state index in [9.17, 15) is 0 Å². The van der Waals surface area contributed by atoms with Crippen molar-refractivity contribution in [1.82, 2.24) is 0 Å². The lowest BCUT2D eigenvalue weighted by molar-refractivity contribution is 0.219. The van der Waals surface area contributed by atoms with Crippen molar-refractivity contribution in [1.29, 1.82) is 0 Å². The molecule has 0 amide bonds. The fraction of sp³-hybridized carbons (Fsp3) is 0.714. The normalized spacial score (nSPS) is 14.4. The van der Waals surface area contributed by atoms with Crippen molar-refractivity contribution >= 4 is 11.3 Å². The summed E-state index contributed by atoms with van der Waals surface area (Å²) >= 11 is 1.63. The minimum atomic E-state index is 0.595. The van der Waals surface area contributed by atoms with Gasteiger partial charge in [0.1, 0.15) is 0 Å². The minimum Gasteiger partial charge on any atom is -0.489 e. The molecular weight excluding hydrogens is 232 g/mol. The smallest absolute Gasteiger partial charge is 0.171 e. The van der Waals surface area contributed by atoms with Crippen LogP contribution < -0.4 is 9.47 Å². The molecule has 0 fully saturated rings. The van der Waals surface area contributed by atoms with Gasteiger partial charge in [-0.2, -0.15) is 0 Å². The van der Waals surface area contributed by atoms with Gasteiger partial charge >= 0.3 is 0 Å². The molecule has 0 aliphatic carbocycles. The predicted molar refractivity (Wildman–Crippen MR) is 74.2 cm³/mol. The Hall–Kier alpha value is -0.700. The molecule has 0 aliphatic rings. The van der Waals surface area contributed by atoms with Crippen LogP contribution in [0.25, 0.3) is 0 Å². The van der Waals surface area contributed by atoms with Gasteiger partial charge < -0.3 is 9.47 Å². The van der Waals surface area contributed by atoms with E-state index >= 15 is 0 Å². The van der Waals surface area contributed by atoms with Crippen LogP contribution in [0.3, 0.4) is 0 Å². The van der Waals surface area contributed by atoms with Crippen LogP contribution in [0.5, 0.6) is 11.5 Å². The van der Waals surface area contributed by atoms with Crippen LogP contribution >= 0.6 is 11.3 Å². The van der Waals surface area contributed by atoms with Gasteiger partial charge in [0.2, 0.25) is 0 Å². The first-order valence-electron chi connectivity index (χ1n) is 6.49. The van der Waals surface area contributed by atoms with Crippen LogP contribution in [-0.2, 0) is 0 Å². The zero-order valence-electron chi connectivity index (χ0n) is 11.4. The Morgan fingerprint density at radius 3 is 1.71 bits per heavy atom. The largest absolute Gasteiger partial charge is 0.489 e. The molecule has 0 saturated carbocycles. The van der Waals surface area contributed by atoms with Gasteiger partial charge in [0.05, 0.1) is 13.2 Å². The van der Waals surface area contributed by atoms with Crippen molar-refractivity contribution in [3.8, 4) is 11.5 Å². The van der Waals surface area contributed by atoms with Crippen LogP contribution in [0, 0.1) is 11.8 Å². The van der Waals surface area contributed by atoms with Gasteiger partial charge in [0.15, 0.2) is 11.5 Å². The highest BCUT2D eigenvalue weighted by Gasteiger charge is 2.09. The first kappa shape index (κ1) is 14.4. The summed E-state index contributed by atoms with van der Waals surface area (Å²) in [5, 5.41) is 4.04. The molecule has 0 aliphatic heterocycles. The second-order valence-electron chi connectivity index (χ2n) is 4.75. The number of ether oxygens (including phenoxy) is 2. The van der Waals surface area contributed by atoms with Gasteiger partial charge in [0.25, 0.3) is 0 Å². The molecule has 0 radical (unpaired) electrons. The lowest BCUT2D eigenvalue weighted by Gasteiger charge is -2.13. The zero-order chi connectivity index (χ0) is 12.7. The summed E-state index contributed by atoms with van der Waals surface area (Å²) in [6, 6.07) is 0. The van der Waals surface area contributed by atoms with E-state index in [2.05, 4.69) is 27.7 Å². The third-order valence-corrected chi connectivity index (χ3v) is 3.73. The Bertz CT molecular complexity index is 280. The van der Waals surface area contributed by atoms with Crippen LogP contribution in [0.4, 0.5) is 0 Å². The molecule has 0 aromatic carbocycles. The fourth-order valence-corrected chi connectivity index (χ4v) is 1.87. The molecule has 0 spiro atoms. The van der Waals surface area contributed by atoms with Gasteiger partial charge in [-0.1, -0.05) is 40.5 Å². The summed E-state index contributed by atoms with van der Waals surface area (Å²) in [6.45, 7) is 10.3. The second-order valence-corrected chi connectivity index (χ2v) is 5.49. The monoisotopic (exact) mass is 256 g/mol. The summed E-state index contributed by atoms with van der Waals surface area (Å²) in [6.07, 6.45) is 2.29. The quantitative estimate of drug-likeness (QED) is 0.677. The van der Waals surface area contributed by atoms with Crippen molar-refractivity contribution in [2.45, 2.75) is 40.5 Å². The summed E-state index contributed by atoms with van der Waals surface area (Å²) in [5.41, 5.74) is 0. The number of hydrogen-bond acceptors (Lipinski definition) is 3. The third kappa shape index (κ3) is 4.99. The van der Waals surface area contributed by atoms with E-state index in [0.717, 1.165) is 37.6 Å². The first-order valence-corrected chi connectivity index (χ1v) is 7.43. The highest BCUT2D eigenvalue weighted by atomic mass is 32.1. The maximum atomic E-state index is 5.78. The third-order valence-electron chi connectivity index (χ3n) is 3.03. The van der Waals surface area contributed by atoms with Crippen LogP contribution in [0.1, 0.15) is 40.5 Å². The molecule has 1 aromatic heterocycles. The average molecular weight is 256 g/mol. The lowest BCUT2D eigenvalue weighted by Crippen LogP contribution is -2.10. The van der Waals surface area contributed by atoms with E-state index in [4.69, 9.17) is 9.47 Å². The van der Waals surface area contributed by atoms with E-state index in [-0.39, 0.29) is 0 Å². The molecule has 1 rings (SSSR count). The average Bonchev–Trinajstić information content (AvgIpc) is 2.80. The van der Waals surface area contributed by atoms with Crippen LogP contribution in [-0.4, -0.2) is 13.2 Å². The molecule has 1 heterocycles. The molecule has 0 bridgehead atoms. The van der Waals surface area contributed by atoms with E-state index < -0.39 is 0 Å². The topological polar surface area (TPSA) is 18.5 Å². The second kappa shape index (κ2) is 7.59. The Balaban J connectivity index is 2.42. The number of hydrogen-bond donors (Lipinski definition) is 0. The van der Waals surface area contributed by atoms with Crippen molar-refractivity contribution in [3.05, 3.63) is 10.8 Å². The Morgan fingerprint density at radius 2 is 1.35 bits per heavy atom. The number of rotatable bonds is 8. The van der Waals surface area contributed by atoms with Gasteiger partial charge in [0, 0.05) is 10.8 Å². The van der Waals surface area contributed by atoms with Crippen molar-refractivity contribution in [2.75, 3.05) is 13.2 Å². The summed E-state index contributed by atoms with van der Waals surface area (Å²) < 4.78 is 11.6. The van der Waals surface area contributed by atoms with E-state index in [0.29, 0.717) is 11.8 Å². The molecule has 3 heteroatoms. The highest BCUT2D eigenvalue weighted by molar-refractivity contribution is 7.08. The SMILES string of the molecule is CC[C@H](C)COc1cscc1OC[C@@H](C)CC. The van der Waals surface area contributed by atoms with Crippen LogP contribution in [0.15, 0.2) is 10.8 Å². The lowest BCUT2D eigenvalue weighted by atomic mass is 10.1. The molecule has 0 N–H and O–H groups in total. The summed E-state index contributed by atoms with van der Waals surface area (Å²) in [4.78, 5) is 0. The van der Waals surface area contributed by atoms with E-state index in [1.165, 1.54) is 0 Å². The van der Waals surface area contributed by atoms with Gasteiger partial charge in [-0.25, -0.2) is 0 Å². The van der Waals surface area contributed by atoms with Crippen molar-refractivity contribution < 1.29 is 9.47 Å². The van der Waals surface area contributed by atoms with Gasteiger partial charge in [-0.15, -0.1) is 11.3 Å². The molecule has 2 atom stereocenters. The fourth-order valence-electron chi connectivity index (χ4n) is 1.18. The Kier molecular flexibility index (Phi) is 6.41. The minimum absolute atomic E-state index is 0.595. The van der Waals surface area contributed by atoms with Crippen molar-refractivity contribution in [2.24, 2.45) is 11.8 Å². The first-order chi connectivity index (χ1) is 8.17. The maximum absolute atomic E-state index is 5.78. The molecule has 1 aromatic rings. The zero-order valence-corrected chi connectivity index (χ0v) is 12.2. The van der Waals surface area contributed by atoms with E-state index in [1.807, 2.05) is 10.8 Å². The van der Waals surface area contributed by atoms with Gasteiger partial charge in [-0.05, 0) is 11.8 Å².